The Morgan fingerprint density at radius 1 is 1.44 bits per heavy atom. The van der Waals surface area contributed by atoms with E-state index in [1.165, 1.54) is 17.7 Å². The van der Waals surface area contributed by atoms with Crippen molar-refractivity contribution in [3.8, 4) is 0 Å². The van der Waals surface area contributed by atoms with Gasteiger partial charge in [-0.05, 0) is 38.3 Å². The second kappa shape index (κ2) is 5.10. The first-order chi connectivity index (χ1) is 7.79. The van der Waals surface area contributed by atoms with E-state index >= 15 is 0 Å². The molecule has 0 saturated heterocycles. The summed E-state index contributed by atoms with van der Waals surface area (Å²) in [7, 11) is 0. The Morgan fingerprint density at radius 2 is 2.31 bits per heavy atom. The Balaban J connectivity index is 2.04. The maximum absolute atomic E-state index is 4.47. The van der Waals surface area contributed by atoms with Gasteiger partial charge >= 0.3 is 0 Å². The van der Waals surface area contributed by atoms with Crippen LogP contribution in [-0.2, 0) is 0 Å². The second-order valence-corrected chi connectivity index (χ2v) is 4.32. The maximum Gasteiger partial charge on any atom is 0.126 e. The molecule has 2 heterocycles. The molecule has 0 aromatic carbocycles. The SMILES string of the molecule is CCC(C)Nc1ccc(C2=NCCC2)cn1. The van der Waals surface area contributed by atoms with E-state index in [4.69, 9.17) is 0 Å². The van der Waals surface area contributed by atoms with E-state index in [1.807, 2.05) is 12.3 Å². The number of nitrogens with one attached hydrogen (secondary N) is 1. The van der Waals surface area contributed by atoms with Crippen molar-refractivity contribution in [3.05, 3.63) is 23.9 Å². The Morgan fingerprint density at radius 3 is 2.88 bits per heavy atom. The molecule has 0 bridgehead atoms. The van der Waals surface area contributed by atoms with Crippen molar-refractivity contribution >= 4 is 11.5 Å². The molecule has 0 aliphatic carbocycles. The van der Waals surface area contributed by atoms with Crippen LogP contribution in [0.3, 0.4) is 0 Å². The molecule has 0 spiro atoms. The van der Waals surface area contributed by atoms with Crippen LogP contribution in [0.4, 0.5) is 5.82 Å². The molecule has 1 aliphatic rings. The second-order valence-electron chi connectivity index (χ2n) is 4.32. The predicted octanol–water partition coefficient (Wildman–Crippen LogP) is 2.87. The molecule has 1 atom stereocenters. The third kappa shape index (κ3) is 2.60. The fraction of sp³-hybridized carbons (Fsp3) is 0.538. The zero-order chi connectivity index (χ0) is 11.4. The predicted molar refractivity (Wildman–Crippen MR) is 68.3 cm³/mol. The van der Waals surface area contributed by atoms with Crippen molar-refractivity contribution in [2.75, 3.05) is 11.9 Å². The van der Waals surface area contributed by atoms with E-state index in [0.717, 1.165) is 25.2 Å². The molecule has 0 amide bonds. The lowest BCUT2D eigenvalue weighted by Gasteiger charge is -2.12. The first-order valence-electron chi connectivity index (χ1n) is 6.06. The van der Waals surface area contributed by atoms with Crippen LogP contribution >= 0.6 is 0 Å². The molecule has 1 aromatic rings. The van der Waals surface area contributed by atoms with Gasteiger partial charge in [0.2, 0.25) is 0 Å². The van der Waals surface area contributed by atoms with Gasteiger partial charge in [-0.1, -0.05) is 6.92 Å². The quantitative estimate of drug-likeness (QED) is 0.842. The molecule has 1 aliphatic heterocycles. The van der Waals surface area contributed by atoms with Crippen molar-refractivity contribution in [1.29, 1.82) is 0 Å². The van der Waals surface area contributed by atoms with Gasteiger partial charge in [-0.15, -0.1) is 0 Å². The van der Waals surface area contributed by atoms with Crippen LogP contribution in [0.25, 0.3) is 0 Å². The highest BCUT2D eigenvalue weighted by Crippen LogP contribution is 2.14. The van der Waals surface area contributed by atoms with Gasteiger partial charge in [0, 0.05) is 30.1 Å². The van der Waals surface area contributed by atoms with Crippen LogP contribution in [0, 0.1) is 0 Å². The highest BCUT2D eigenvalue weighted by Gasteiger charge is 2.09. The van der Waals surface area contributed by atoms with Crippen molar-refractivity contribution in [3.63, 3.8) is 0 Å². The van der Waals surface area contributed by atoms with Crippen LogP contribution < -0.4 is 5.32 Å². The standard InChI is InChI=1S/C13H19N3/c1-3-10(2)16-13-7-6-11(9-15-13)12-5-4-8-14-12/h6-7,9-10H,3-5,8H2,1-2H3,(H,15,16). The Bertz CT molecular complexity index is 367. The third-order valence-corrected chi connectivity index (χ3v) is 2.98. The van der Waals surface area contributed by atoms with E-state index in [9.17, 15) is 0 Å². The van der Waals surface area contributed by atoms with Crippen molar-refractivity contribution in [2.24, 2.45) is 4.99 Å². The van der Waals surface area contributed by atoms with Crippen LogP contribution in [-0.4, -0.2) is 23.3 Å². The zero-order valence-electron chi connectivity index (χ0n) is 10.0. The summed E-state index contributed by atoms with van der Waals surface area (Å²) in [6.07, 6.45) is 5.31. The van der Waals surface area contributed by atoms with Crippen LogP contribution in [0.5, 0.6) is 0 Å². The number of pyridine rings is 1. The molecule has 0 saturated carbocycles. The number of aliphatic imine (C=N–C) groups is 1. The molecule has 3 nitrogen and oxygen atoms in total. The highest BCUT2D eigenvalue weighted by molar-refractivity contribution is 6.01. The summed E-state index contributed by atoms with van der Waals surface area (Å²) >= 11 is 0. The molecule has 1 N–H and O–H groups in total. The number of anilines is 1. The van der Waals surface area contributed by atoms with Gasteiger partial charge in [0.1, 0.15) is 5.82 Å². The number of rotatable bonds is 4. The highest BCUT2D eigenvalue weighted by atomic mass is 15.0. The first-order valence-corrected chi connectivity index (χ1v) is 6.06. The lowest BCUT2D eigenvalue weighted by Crippen LogP contribution is -2.14. The molecule has 86 valence electrons. The van der Waals surface area contributed by atoms with E-state index in [-0.39, 0.29) is 0 Å². The molecule has 1 unspecified atom stereocenters. The Kier molecular flexibility index (Phi) is 3.54. The summed E-state index contributed by atoms with van der Waals surface area (Å²) < 4.78 is 0. The minimum absolute atomic E-state index is 0.474. The molecule has 16 heavy (non-hydrogen) atoms. The summed E-state index contributed by atoms with van der Waals surface area (Å²) in [6.45, 7) is 5.30. The van der Waals surface area contributed by atoms with Gasteiger partial charge in [-0.2, -0.15) is 0 Å². The summed E-state index contributed by atoms with van der Waals surface area (Å²) in [4.78, 5) is 8.89. The number of aromatic nitrogens is 1. The van der Waals surface area contributed by atoms with E-state index in [0.29, 0.717) is 6.04 Å². The smallest absolute Gasteiger partial charge is 0.126 e. The minimum atomic E-state index is 0.474. The molecule has 0 fully saturated rings. The van der Waals surface area contributed by atoms with Crippen molar-refractivity contribution in [2.45, 2.75) is 39.2 Å². The third-order valence-electron chi connectivity index (χ3n) is 2.98. The van der Waals surface area contributed by atoms with Gasteiger partial charge in [-0.3, -0.25) is 4.99 Å². The normalized spacial score (nSPS) is 17.0. The van der Waals surface area contributed by atoms with Gasteiger partial charge < -0.3 is 5.32 Å². The van der Waals surface area contributed by atoms with Gasteiger partial charge in [0.25, 0.3) is 0 Å². The molecule has 3 heteroatoms. The Labute approximate surface area is 97.0 Å². The lowest BCUT2D eigenvalue weighted by atomic mass is 10.1. The molecule has 0 radical (unpaired) electrons. The fourth-order valence-corrected chi connectivity index (χ4v) is 1.78. The average Bonchev–Trinajstić information content (AvgIpc) is 2.83. The molecular weight excluding hydrogens is 198 g/mol. The lowest BCUT2D eigenvalue weighted by molar-refractivity contribution is 0.759. The maximum atomic E-state index is 4.47. The molecule has 2 rings (SSSR count). The number of hydrogen-bond acceptors (Lipinski definition) is 3. The largest absolute Gasteiger partial charge is 0.368 e. The minimum Gasteiger partial charge on any atom is -0.368 e. The van der Waals surface area contributed by atoms with Crippen LogP contribution in [0.2, 0.25) is 0 Å². The summed E-state index contributed by atoms with van der Waals surface area (Å²) in [5.41, 5.74) is 2.38. The van der Waals surface area contributed by atoms with E-state index in [1.54, 1.807) is 0 Å². The Hall–Kier alpha value is -1.38. The first kappa shape index (κ1) is 11.1. The number of nitrogens with zero attached hydrogens (tertiary/aromatic N) is 2. The van der Waals surface area contributed by atoms with Crippen LogP contribution in [0.1, 0.15) is 38.7 Å². The van der Waals surface area contributed by atoms with Gasteiger partial charge in [-0.25, -0.2) is 4.98 Å². The summed E-state index contributed by atoms with van der Waals surface area (Å²) in [5, 5.41) is 3.36. The number of hydrogen-bond donors (Lipinski definition) is 1. The summed E-state index contributed by atoms with van der Waals surface area (Å²) in [6, 6.07) is 4.63. The molecule has 1 aromatic heterocycles. The van der Waals surface area contributed by atoms with E-state index < -0.39 is 0 Å². The van der Waals surface area contributed by atoms with E-state index in [2.05, 4.69) is 35.2 Å². The molecular formula is C13H19N3. The van der Waals surface area contributed by atoms with Crippen molar-refractivity contribution in [1.82, 2.24) is 4.98 Å². The van der Waals surface area contributed by atoms with Crippen molar-refractivity contribution < 1.29 is 0 Å². The van der Waals surface area contributed by atoms with Gasteiger partial charge in [0.15, 0.2) is 0 Å². The monoisotopic (exact) mass is 217 g/mol. The summed E-state index contributed by atoms with van der Waals surface area (Å²) in [5.74, 6) is 0.955. The topological polar surface area (TPSA) is 37.3 Å². The van der Waals surface area contributed by atoms with Gasteiger partial charge in [0.05, 0.1) is 0 Å². The average molecular weight is 217 g/mol. The van der Waals surface area contributed by atoms with Crippen LogP contribution in [0.15, 0.2) is 23.3 Å². The fourth-order valence-electron chi connectivity index (χ4n) is 1.78. The zero-order valence-corrected chi connectivity index (χ0v) is 10.0.